The third-order valence-electron chi connectivity index (χ3n) is 4.11. The Hall–Kier alpha value is -3.68. The van der Waals surface area contributed by atoms with Gasteiger partial charge in [0, 0.05) is 11.9 Å². The average Bonchev–Trinajstić information content (AvgIpc) is 2.74. The second-order valence-corrected chi connectivity index (χ2v) is 6.20. The zero-order chi connectivity index (χ0) is 19.8. The van der Waals surface area contributed by atoms with Crippen LogP contribution >= 0.6 is 0 Å². The van der Waals surface area contributed by atoms with Crippen molar-refractivity contribution in [3.63, 3.8) is 0 Å². The molecule has 0 unspecified atom stereocenters. The summed E-state index contributed by atoms with van der Waals surface area (Å²) >= 11 is 0. The van der Waals surface area contributed by atoms with Crippen molar-refractivity contribution in [3.05, 3.63) is 66.2 Å². The molecule has 1 amide bonds. The number of nitrogen functional groups attached to an aromatic ring is 1. The highest BCUT2D eigenvalue weighted by atomic mass is 16.2. The Balaban J connectivity index is 1.65. The molecule has 8 heteroatoms. The van der Waals surface area contributed by atoms with E-state index >= 15 is 0 Å². The largest absolute Gasteiger partial charge is 0.393 e. The first-order valence-corrected chi connectivity index (χ1v) is 9.11. The Kier molecular flexibility index (Phi) is 6.35. The van der Waals surface area contributed by atoms with Gasteiger partial charge in [-0.2, -0.15) is 0 Å². The number of pyridine rings is 1. The molecule has 5 N–H and O–H groups in total. The Morgan fingerprint density at radius 1 is 1.04 bits per heavy atom. The number of hydrogen-bond acceptors (Lipinski definition) is 7. The molecule has 0 aliphatic rings. The normalized spacial score (nSPS) is 10.3. The molecule has 1 aromatic carbocycles. The van der Waals surface area contributed by atoms with E-state index < -0.39 is 5.91 Å². The van der Waals surface area contributed by atoms with E-state index in [-0.39, 0.29) is 5.69 Å². The predicted molar refractivity (Wildman–Crippen MR) is 110 cm³/mol. The number of benzene rings is 1. The molecule has 8 nitrogen and oxygen atoms in total. The number of nitrogens with two attached hydrogens (primary N) is 1. The Morgan fingerprint density at radius 3 is 2.54 bits per heavy atom. The fourth-order valence-corrected chi connectivity index (χ4v) is 2.54. The second kappa shape index (κ2) is 9.31. The van der Waals surface area contributed by atoms with Crippen LogP contribution in [0.3, 0.4) is 0 Å². The minimum Gasteiger partial charge on any atom is -0.393 e. The number of carbonyl (C=O) groups is 1. The number of amides is 1. The number of aryl methyl sites for hydroxylation is 1. The van der Waals surface area contributed by atoms with Gasteiger partial charge in [-0.15, -0.1) is 0 Å². The summed E-state index contributed by atoms with van der Waals surface area (Å²) in [5.41, 5.74) is 14.1. The van der Waals surface area contributed by atoms with Crippen LogP contribution < -0.4 is 21.9 Å². The van der Waals surface area contributed by atoms with Gasteiger partial charge in [-0.25, -0.2) is 9.97 Å². The molecule has 0 atom stereocenters. The van der Waals surface area contributed by atoms with Crippen molar-refractivity contribution in [1.82, 2.24) is 20.4 Å². The van der Waals surface area contributed by atoms with Crippen LogP contribution in [0.25, 0.3) is 0 Å². The lowest BCUT2D eigenvalue weighted by atomic mass is 10.1. The van der Waals surface area contributed by atoms with Crippen molar-refractivity contribution in [1.29, 1.82) is 0 Å². The average molecular weight is 377 g/mol. The summed E-state index contributed by atoms with van der Waals surface area (Å²) in [6, 6.07) is 13.2. The molecule has 0 aliphatic heterocycles. The van der Waals surface area contributed by atoms with Crippen LogP contribution in [0, 0.1) is 0 Å². The second-order valence-electron chi connectivity index (χ2n) is 6.20. The van der Waals surface area contributed by atoms with Crippen LogP contribution in [0.2, 0.25) is 0 Å². The number of hydrogen-bond donors (Lipinski definition) is 4. The molecule has 0 bridgehead atoms. The van der Waals surface area contributed by atoms with E-state index in [4.69, 9.17) is 5.73 Å². The first-order chi connectivity index (χ1) is 13.7. The van der Waals surface area contributed by atoms with Crippen molar-refractivity contribution in [3.8, 4) is 0 Å². The lowest BCUT2D eigenvalue weighted by Crippen LogP contribution is -2.31. The van der Waals surface area contributed by atoms with E-state index in [2.05, 4.69) is 50.2 Å². The molecule has 0 saturated carbocycles. The molecule has 0 saturated heterocycles. The maximum absolute atomic E-state index is 12.1. The summed E-state index contributed by atoms with van der Waals surface area (Å²) in [5, 5.41) is 3.17. The zero-order valence-electron chi connectivity index (χ0n) is 15.6. The fraction of sp³-hybridized carbons (Fsp3) is 0.200. The van der Waals surface area contributed by atoms with Gasteiger partial charge in [0.25, 0.3) is 5.91 Å². The van der Waals surface area contributed by atoms with Crippen molar-refractivity contribution < 1.29 is 4.79 Å². The number of unbranched alkanes of at least 4 members (excludes halogenated alkanes) is 1. The third-order valence-corrected chi connectivity index (χ3v) is 4.11. The number of nitrogens with one attached hydrogen (secondary N) is 3. The van der Waals surface area contributed by atoms with Crippen molar-refractivity contribution in [2.45, 2.75) is 26.2 Å². The summed E-state index contributed by atoms with van der Waals surface area (Å²) in [5.74, 6) is 0.350. The van der Waals surface area contributed by atoms with Gasteiger partial charge in [0.05, 0.1) is 0 Å². The Morgan fingerprint density at radius 2 is 1.82 bits per heavy atom. The third kappa shape index (κ3) is 4.94. The summed E-state index contributed by atoms with van der Waals surface area (Å²) in [6.45, 7) is 2.18. The van der Waals surface area contributed by atoms with Crippen LogP contribution in [-0.2, 0) is 6.42 Å². The molecule has 0 radical (unpaired) electrons. The maximum Gasteiger partial charge on any atom is 0.288 e. The van der Waals surface area contributed by atoms with Gasteiger partial charge in [-0.1, -0.05) is 31.5 Å². The minimum absolute atomic E-state index is 0.282. The Labute approximate surface area is 163 Å². The number of hydrazine groups is 1. The SMILES string of the molecule is CCCCc1ccc(Nc2ncnc(NNC(=O)c3ccccn3)c2N)cc1. The highest BCUT2D eigenvalue weighted by Gasteiger charge is 2.11. The van der Waals surface area contributed by atoms with Crippen LogP contribution in [0.15, 0.2) is 55.0 Å². The fourth-order valence-electron chi connectivity index (χ4n) is 2.54. The first kappa shape index (κ1) is 19.1. The van der Waals surface area contributed by atoms with E-state index in [0.29, 0.717) is 17.3 Å². The van der Waals surface area contributed by atoms with Gasteiger partial charge < -0.3 is 11.1 Å². The molecule has 0 aliphatic carbocycles. The first-order valence-electron chi connectivity index (χ1n) is 9.11. The monoisotopic (exact) mass is 377 g/mol. The molecule has 2 aromatic heterocycles. The number of carbonyl (C=O) groups excluding carboxylic acids is 1. The van der Waals surface area contributed by atoms with Crippen LogP contribution in [0.5, 0.6) is 0 Å². The molecular formula is C20H23N7O. The molecule has 3 rings (SSSR count). The smallest absolute Gasteiger partial charge is 0.288 e. The van der Waals surface area contributed by atoms with Crippen molar-refractivity contribution >= 4 is 28.9 Å². The summed E-state index contributed by atoms with van der Waals surface area (Å²) < 4.78 is 0. The molecule has 0 spiro atoms. The number of aromatic nitrogens is 3. The minimum atomic E-state index is -0.393. The molecular weight excluding hydrogens is 354 g/mol. The Bertz CT molecular complexity index is 914. The van der Waals surface area contributed by atoms with E-state index in [9.17, 15) is 4.79 Å². The van der Waals surface area contributed by atoms with Crippen LogP contribution in [0.4, 0.5) is 23.0 Å². The van der Waals surface area contributed by atoms with Crippen LogP contribution in [-0.4, -0.2) is 20.9 Å². The number of anilines is 4. The van der Waals surface area contributed by atoms with Crippen molar-refractivity contribution in [2.75, 3.05) is 16.5 Å². The molecule has 3 aromatic rings. The molecule has 0 fully saturated rings. The summed E-state index contributed by atoms with van der Waals surface area (Å²) in [6.07, 6.45) is 6.32. The van der Waals surface area contributed by atoms with E-state index in [1.54, 1.807) is 24.4 Å². The lowest BCUT2D eigenvalue weighted by Gasteiger charge is -2.13. The van der Waals surface area contributed by atoms with E-state index in [1.165, 1.54) is 24.7 Å². The molecule has 144 valence electrons. The van der Waals surface area contributed by atoms with Gasteiger partial charge in [0.1, 0.15) is 17.7 Å². The lowest BCUT2D eigenvalue weighted by molar-refractivity contribution is 0.0957. The van der Waals surface area contributed by atoms with Gasteiger partial charge in [0.15, 0.2) is 11.6 Å². The van der Waals surface area contributed by atoms with Crippen LogP contribution in [0.1, 0.15) is 35.8 Å². The number of nitrogens with zero attached hydrogens (tertiary/aromatic N) is 3. The van der Waals surface area contributed by atoms with Gasteiger partial charge >= 0.3 is 0 Å². The standard InChI is InChI=1S/C20H23N7O/c1-2-3-6-14-8-10-15(11-9-14)25-18-17(21)19(24-13-23-18)26-27-20(28)16-7-4-5-12-22-16/h4-5,7-13H,2-3,6,21H2,1H3,(H,27,28)(H2,23,24,25,26). The van der Waals surface area contributed by atoms with E-state index in [1.807, 2.05) is 12.1 Å². The highest BCUT2D eigenvalue weighted by Crippen LogP contribution is 2.25. The molecule has 2 heterocycles. The highest BCUT2D eigenvalue weighted by molar-refractivity contribution is 5.93. The van der Waals surface area contributed by atoms with Gasteiger partial charge in [0.2, 0.25) is 0 Å². The summed E-state index contributed by atoms with van der Waals surface area (Å²) in [4.78, 5) is 24.3. The molecule has 28 heavy (non-hydrogen) atoms. The topological polar surface area (TPSA) is 118 Å². The van der Waals surface area contributed by atoms with Gasteiger partial charge in [-0.3, -0.25) is 20.6 Å². The van der Waals surface area contributed by atoms with Crippen molar-refractivity contribution in [2.24, 2.45) is 0 Å². The van der Waals surface area contributed by atoms with E-state index in [0.717, 1.165) is 12.1 Å². The maximum atomic E-state index is 12.1. The number of rotatable bonds is 8. The zero-order valence-corrected chi connectivity index (χ0v) is 15.6. The summed E-state index contributed by atoms with van der Waals surface area (Å²) in [7, 11) is 0. The van der Waals surface area contributed by atoms with Gasteiger partial charge in [-0.05, 0) is 42.7 Å². The predicted octanol–water partition coefficient (Wildman–Crippen LogP) is 3.30. The quantitative estimate of drug-likeness (QED) is 0.445.